The maximum atomic E-state index is 12.0. The molecular weight excluding hydrogens is 421 g/mol. The molecule has 1 radical (unpaired) electrons. The van der Waals surface area contributed by atoms with E-state index < -0.39 is 0 Å². The smallest absolute Gasteiger partial charge is 0.223 e. The molecule has 2 aromatic rings. The summed E-state index contributed by atoms with van der Waals surface area (Å²) < 4.78 is 0. The van der Waals surface area contributed by atoms with Crippen molar-refractivity contribution in [3.05, 3.63) is 46.4 Å². The quantitative estimate of drug-likeness (QED) is 0.490. The molecule has 1 fully saturated rings. The molecule has 0 saturated heterocycles. The number of hydrogen-bond acceptors (Lipinski definition) is 4. The van der Waals surface area contributed by atoms with E-state index in [9.17, 15) is 9.90 Å². The summed E-state index contributed by atoms with van der Waals surface area (Å²) in [7, 11) is 0. The zero-order valence-corrected chi connectivity index (χ0v) is 18.9. The van der Waals surface area contributed by atoms with Crippen molar-refractivity contribution in [2.45, 2.75) is 51.6 Å². The largest absolute Gasteiger partial charge is 0.388 e. The molecule has 6 heteroatoms. The molecule has 0 spiro atoms. The number of nitrogens with zero attached hydrogens (tertiary/aromatic N) is 2. The summed E-state index contributed by atoms with van der Waals surface area (Å²) in [6, 6.07) is 7.82. The fourth-order valence-electron chi connectivity index (χ4n) is 3.23. The first kappa shape index (κ1) is 21.7. The molecule has 0 bridgehead atoms. The third kappa shape index (κ3) is 5.69. The van der Waals surface area contributed by atoms with Gasteiger partial charge in [-0.05, 0) is 42.9 Å². The van der Waals surface area contributed by atoms with Crippen LogP contribution < -0.4 is 4.90 Å². The van der Waals surface area contributed by atoms with Gasteiger partial charge in [-0.15, -0.1) is 0 Å². The van der Waals surface area contributed by atoms with Gasteiger partial charge in [0.15, 0.2) is 0 Å². The summed E-state index contributed by atoms with van der Waals surface area (Å²) in [6.07, 6.45) is 7.65. The Hall–Kier alpha value is -0.616. The number of benzene rings is 1. The summed E-state index contributed by atoms with van der Waals surface area (Å²) in [4.78, 5) is 18.1. The van der Waals surface area contributed by atoms with E-state index in [0.717, 1.165) is 48.4 Å². The number of thiazole rings is 1. The Morgan fingerprint density at radius 2 is 2.08 bits per heavy atom. The van der Waals surface area contributed by atoms with Crippen molar-refractivity contribution in [3.8, 4) is 0 Å². The van der Waals surface area contributed by atoms with Gasteiger partial charge in [0, 0.05) is 51.9 Å². The van der Waals surface area contributed by atoms with Gasteiger partial charge in [-0.2, -0.15) is 5.38 Å². The van der Waals surface area contributed by atoms with Crippen molar-refractivity contribution in [2.75, 3.05) is 11.4 Å². The molecule has 1 amide bonds. The maximum Gasteiger partial charge on any atom is 0.223 e. The second-order valence-electron chi connectivity index (χ2n) is 6.73. The zero-order chi connectivity index (χ0) is 17.6. The molecule has 0 aliphatic heterocycles. The molecule has 1 aromatic carbocycles. The van der Waals surface area contributed by atoms with Crippen LogP contribution in [-0.4, -0.2) is 22.5 Å². The van der Waals surface area contributed by atoms with Crippen molar-refractivity contribution >= 4 is 22.9 Å². The molecule has 1 saturated carbocycles. The van der Waals surface area contributed by atoms with Crippen LogP contribution in [0.25, 0.3) is 0 Å². The molecule has 26 heavy (non-hydrogen) atoms. The Morgan fingerprint density at radius 3 is 2.62 bits per heavy atom. The SMILES string of the molecule is CC(=O)N(CCCCc1nc[c-]s1)c1ccc(C(O)C2CCC2)cc1.[Y]. The number of aryl methyl sites for hydroxylation is 1. The van der Waals surface area contributed by atoms with Gasteiger partial charge in [0.2, 0.25) is 5.91 Å². The van der Waals surface area contributed by atoms with Crippen molar-refractivity contribution in [2.24, 2.45) is 5.92 Å². The predicted octanol–water partition coefficient (Wildman–Crippen LogP) is 4.15. The predicted molar refractivity (Wildman–Crippen MR) is 101 cm³/mol. The number of unbranched alkanes of at least 4 members (excludes halogenated alkanes) is 1. The van der Waals surface area contributed by atoms with E-state index in [1.165, 1.54) is 6.42 Å². The molecule has 1 N–H and O–H groups in total. The Labute approximate surface area is 184 Å². The van der Waals surface area contributed by atoms with Crippen LogP contribution in [0.2, 0.25) is 0 Å². The van der Waals surface area contributed by atoms with Crippen LogP contribution in [0.1, 0.15) is 55.7 Å². The first-order valence-corrected chi connectivity index (χ1v) is 9.83. The molecule has 1 atom stereocenters. The molecular formula is C20H25N2O2SY-. The minimum absolute atomic E-state index is 0. The Bertz CT molecular complexity index is 672. The van der Waals surface area contributed by atoms with Crippen molar-refractivity contribution in [1.82, 2.24) is 4.98 Å². The Morgan fingerprint density at radius 1 is 1.35 bits per heavy atom. The molecule has 1 aromatic heterocycles. The normalized spacial score (nSPS) is 15.0. The molecule has 3 rings (SSSR count). The summed E-state index contributed by atoms with van der Waals surface area (Å²) in [5.74, 6) is 0.452. The van der Waals surface area contributed by atoms with Gasteiger partial charge >= 0.3 is 0 Å². The van der Waals surface area contributed by atoms with E-state index >= 15 is 0 Å². The average Bonchev–Trinajstić information content (AvgIpc) is 3.06. The zero-order valence-electron chi connectivity index (χ0n) is 15.2. The number of aliphatic hydroxyl groups is 1. The van der Waals surface area contributed by atoms with Gasteiger partial charge < -0.3 is 26.3 Å². The Kier molecular flexibility index (Phi) is 8.88. The van der Waals surface area contributed by atoms with Crippen molar-refractivity contribution in [1.29, 1.82) is 0 Å². The number of carbonyl (C=O) groups is 1. The van der Waals surface area contributed by atoms with Gasteiger partial charge in [0.05, 0.1) is 6.10 Å². The molecule has 1 heterocycles. The van der Waals surface area contributed by atoms with E-state index in [4.69, 9.17) is 0 Å². The second-order valence-corrected chi connectivity index (χ2v) is 7.64. The number of aliphatic hydroxyl groups excluding tert-OH is 1. The Balaban J connectivity index is 0.00000243. The van der Waals surface area contributed by atoms with Gasteiger partial charge in [-0.25, -0.2) is 0 Å². The number of amides is 1. The van der Waals surface area contributed by atoms with Crippen LogP contribution in [0.15, 0.2) is 30.5 Å². The summed E-state index contributed by atoms with van der Waals surface area (Å²) in [6.45, 7) is 2.31. The van der Waals surface area contributed by atoms with Gasteiger partial charge in [0.25, 0.3) is 0 Å². The molecule has 1 aliphatic rings. The topological polar surface area (TPSA) is 53.4 Å². The van der Waals surface area contributed by atoms with E-state index in [1.807, 2.05) is 29.2 Å². The van der Waals surface area contributed by atoms with Crippen molar-refractivity contribution < 1.29 is 42.6 Å². The number of anilines is 1. The van der Waals surface area contributed by atoms with Gasteiger partial charge in [-0.1, -0.05) is 42.6 Å². The fourth-order valence-corrected chi connectivity index (χ4v) is 3.82. The fraction of sp³-hybridized carbons (Fsp3) is 0.500. The molecule has 4 nitrogen and oxygen atoms in total. The van der Waals surface area contributed by atoms with Crippen LogP contribution in [0.4, 0.5) is 5.69 Å². The van der Waals surface area contributed by atoms with Crippen molar-refractivity contribution in [3.63, 3.8) is 0 Å². The number of hydrogen-bond donors (Lipinski definition) is 1. The average molecular weight is 446 g/mol. The molecule has 1 aliphatic carbocycles. The summed E-state index contributed by atoms with van der Waals surface area (Å²) in [5, 5.41) is 14.5. The van der Waals surface area contributed by atoms with Gasteiger partial charge in [-0.3, -0.25) is 4.79 Å². The summed E-state index contributed by atoms with van der Waals surface area (Å²) >= 11 is 1.56. The molecule has 1 unspecified atom stereocenters. The number of rotatable bonds is 8. The van der Waals surface area contributed by atoms with Crippen LogP contribution in [0.5, 0.6) is 0 Å². The minimum Gasteiger partial charge on any atom is -0.388 e. The first-order chi connectivity index (χ1) is 12.1. The minimum atomic E-state index is -0.372. The standard InChI is InChI=1S/C20H25N2O2S.Y/c1-15(23)22(13-3-2-7-19-21-12-14-25-19)18-10-8-17(9-11-18)20(24)16-5-4-6-16;/h8-12,16,20,24H,2-7,13H2,1H3;/q-1;. The van der Waals surface area contributed by atoms with E-state index in [1.54, 1.807) is 24.5 Å². The van der Waals surface area contributed by atoms with Crippen LogP contribution in [0.3, 0.4) is 0 Å². The van der Waals surface area contributed by atoms with Crippen LogP contribution in [-0.2, 0) is 43.9 Å². The number of aromatic nitrogens is 1. The van der Waals surface area contributed by atoms with E-state index in [0.29, 0.717) is 12.5 Å². The van der Waals surface area contributed by atoms with E-state index in [2.05, 4.69) is 10.4 Å². The van der Waals surface area contributed by atoms with E-state index in [-0.39, 0.29) is 44.7 Å². The first-order valence-electron chi connectivity index (χ1n) is 9.02. The molecule has 137 valence electrons. The van der Waals surface area contributed by atoms with Gasteiger partial charge in [0.1, 0.15) is 0 Å². The maximum absolute atomic E-state index is 12.0. The summed E-state index contributed by atoms with van der Waals surface area (Å²) in [5.41, 5.74) is 1.86. The third-order valence-electron chi connectivity index (χ3n) is 4.98. The second kappa shape index (κ2) is 10.6. The number of carbonyl (C=O) groups excluding carboxylic acids is 1. The third-order valence-corrected chi connectivity index (χ3v) is 5.75. The van der Waals surface area contributed by atoms with Crippen LogP contribution in [0, 0.1) is 11.3 Å². The monoisotopic (exact) mass is 446 g/mol. The van der Waals surface area contributed by atoms with Crippen LogP contribution >= 0.6 is 11.3 Å².